The van der Waals surface area contributed by atoms with Crippen LogP contribution in [-0.2, 0) is 6.54 Å². The van der Waals surface area contributed by atoms with Crippen molar-refractivity contribution in [1.82, 2.24) is 30.0 Å². The number of pyridine rings is 1. The molecule has 7 nitrogen and oxygen atoms in total. The van der Waals surface area contributed by atoms with E-state index in [-0.39, 0.29) is 11.9 Å². The van der Waals surface area contributed by atoms with Crippen LogP contribution in [0.5, 0.6) is 0 Å². The molecule has 0 saturated heterocycles. The zero-order valence-electron chi connectivity index (χ0n) is 15.9. The third-order valence-electron chi connectivity index (χ3n) is 4.58. The van der Waals surface area contributed by atoms with Gasteiger partial charge in [-0.3, -0.25) is 14.5 Å². The number of hydrogen-bond donors (Lipinski definition) is 1. The van der Waals surface area contributed by atoms with Gasteiger partial charge in [-0.25, -0.2) is 9.97 Å². The number of amides is 1. The second-order valence-electron chi connectivity index (χ2n) is 6.60. The molecule has 0 aliphatic heterocycles. The van der Waals surface area contributed by atoms with Gasteiger partial charge in [-0.15, -0.1) is 0 Å². The normalized spacial score (nSPS) is 11.8. The van der Waals surface area contributed by atoms with E-state index < -0.39 is 0 Å². The third kappa shape index (κ3) is 4.35. The Morgan fingerprint density at radius 1 is 1.07 bits per heavy atom. The highest BCUT2D eigenvalue weighted by atomic mass is 16.1. The summed E-state index contributed by atoms with van der Waals surface area (Å²) in [5.74, 6) is 0.324. The summed E-state index contributed by atoms with van der Waals surface area (Å²) in [7, 11) is 0. The van der Waals surface area contributed by atoms with Gasteiger partial charge in [0.2, 0.25) is 0 Å². The number of aryl methyl sites for hydroxylation is 1. The number of nitrogens with one attached hydrogen (secondary N) is 1. The quantitative estimate of drug-likeness (QED) is 0.552. The highest BCUT2D eigenvalue weighted by molar-refractivity contribution is 5.95. The Kier molecular flexibility index (Phi) is 5.38. The molecular formula is C22H20N6O. The lowest BCUT2D eigenvalue weighted by Gasteiger charge is -2.20. The molecule has 1 amide bonds. The van der Waals surface area contributed by atoms with Crippen molar-refractivity contribution in [3.63, 3.8) is 0 Å². The van der Waals surface area contributed by atoms with Crippen LogP contribution in [0.1, 0.15) is 27.7 Å². The van der Waals surface area contributed by atoms with Crippen molar-refractivity contribution in [3.8, 4) is 11.4 Å². The molecule has 0 bridgehead atoms. The van der Waals surface area contributed by atoms with Crippen molar-refractivity contribution < 1.29 is 4.79 Å². The van der Waals surface area contributed by atoms with Crippen LogP contribution in [0, 0.1) is 6.92 Å². The summed E-state index contributed by atoms with van der Waals surface area (Å²) in [6, 6.07) is 15.2. The van der Waals surface area contributed by atoms with Crippen LogP contribution in [0.3, 0.4) is 0 Å². The molecule has 0 spiro atoms. The first-order valence-electron chi connectivity index (χ1n) is 9.28. The Labute approximate surface area is 168 Å². The fourth-order valence-corrected chi connectivity index (χ4v) is 3.08. The van der Waals surface area contributed by atoms with E-state index in [4.69, 9.17) is 0 Å². The molecule has 1 N–H and O–H groups in total. The molecular weight excluding hydrogens is 364 g/mol. The second-order valence-corrected chi connectivity index (χ2v) is 6.60. The van der Waals surface area contributed by atoms with E-state index in [9.17, 15) is 4.79 Å². The maximum Gasteiger partial charge on any atom is 0.255 e. The monoisotopic (exact) mass is 384 g/mol. The van der Waals surface area contributed by atoms with Crippen molar-refractivity contribution in [2.24, 2.45) is 0 Å². The van der Waals surface area contributed by atoms with Gasteiger partial charge in [0.1, 0.15) is 0 Å². The highest BCUT2D eigenvalue weighted by Crippen LogP contribution is 2.18. The van der Waals surface area contributed by atoms with Crippen LogP contribution in [0.25, 0.3) is 11.4 Å². The van der Waals surface area contributed by atoms with Gasteiger partial charge in [-0.1, -0.05) is 30.3 Å². The Morgan fingerprint density at radius 3 is 2.62 bits per heavy atom. The topological polar surface area (TPSA) is 85.6 Å². The predicted octanol–water partition coefficient (Wildman–Crippen LogP) is 3.21. The molecule has 0 fully saturated rings. The molecule has 4 rings (SSSR count). The molecule has 29 heavy (non-hydrogen) atoms. The number of aromatic nitrogens is 5. The number of carbonyl (C=O) groups excluding carboxylic acids is 1. The molecule has 4 aromatic rings. The minimum Gasteiger partial charge on any atom is -0.343 e. The molecule has 144 valence electrons. The highest BCUT2D eigenvalue weighted by Gasteiger charge is 2.19. The summed E-state index contributed by atoms with van der Waals surface area (Å²) in [6.07, 6.45) is 8.56. The molecule has 1 aromatic carbocycles. The average molecular weight is 384 g/mol. The van der Waals surface area contributed by atoms with Crippen LogP contribution >= 0.6 is 0 Å². The number of carbonyl (C=O) groups is 1. The lowest BCUT2D eigenvalue weighted by atomic mass is 10.1. The maximum absolute atomic E-state index is 13.0. The second kappa shape index (κ2) is 8.43. The van der Waals surface area contributed by atoms with Gasteiger partial charge in [0, 0.05) is 36.5 Å². The van der Waals surface area contributed by atoms with Crippen molar-refractivity contribution in [1.29, 1.82) is 0 Å². The van der Waals surface area contributed by atoms with Gasteiger partial charge in [0.25, 0.3) is 5.91 Å². The van der Waals surface area contributed by atoms with E-state index >= 15 is 0 Å². The van der Waals surface area contributed by atoms with Gasteiger partial charge in [0.15, 0.2) is 5.82 Å². The minimum absolute atomic E-state index is 0.221. The van der Waals surface area contributed by atoms with E-state index in [1.165, 1.54) is 0 Å². The number of hydrogen-bond acceptors (Lipinski definition) is 5. The van der Waals surface area contributed by atoms with Crippen molar-refractivity contribution >= 4 is 5.91 Å². The van der Waals surface area contributed by atoms with Gasteiger partial charge in [0.05, 0.1) is 23.8 Å². The van der Waals surface area contributed by atoms with E-state index in [0.717, 1.165) is 11.1 Å². The van der Waals surface area contributed by atoms with Crippen LogP contribution in [0.2, 0.25) is 0 Å². The predicted molar refractivity (Wildman–Crippen MR) is 109 cm³/mol. The van der Waals surface area contributed by atoms with E-state index in [1.54, 1.807) is 29.5 Å². The first-order valence-corrected chi connectivity index (χ1v) is 9.28. The van der Waals surface area contributed by atoms with Crippen LogP contribution in [-0.4, -0.2) is 30.6 Å². The van der Waals surface area contributed by atoms with Crippen LogP contribution in [0.4, 0.5) is 0 Å². The zero-order valence-corrected chi connectivity index (χ0v) is 15.9. The van der Waals surface area contributed by atoms with Gasteiger partial charge in [-0.05, 0) is 30.7 Å². The lowest BCUT2D eigenvalue weighted by molar-refractivity contribution is 0.0930. The molecule has 3 aromatic heterocycles. The Morgan fingerprint density at radius 2 is 1.93 bits per heavy atom. The average Bonchev–Trinajstić information content (AvgIpc) is 3.27. The smallest absolute Gasteiger partial charge is 0.255 e. The van der Waals surface area contributed by atoms with Crippen LogP contribution < -0.4 is 5.32 Å². The van der Waals surface area contributed by atoms with Gasteiger partial charge < -0.3 is 5.32 Å². The summed E-state index contributed by atoms with van der Waals surface area (Å²) in [6.45, 7) is 2.33. The zero-order chi connectivity index (χ0) is 20.1. The summed E-state index contributed by atoms with van der Waals surface area (Å²) < 4.78 is 1.80. The summed E-state index contributed by atoms with van der Waals surface area (Å²) >= 11 is 0. The van der Waals surface area contributed by atoms with Crippen molar-refractivity contribution in [2.45, 2.75) is 19.5 Å². The number of benzene rings is 1. The Hall–Kier alpha value is -3.87. The third-order valence-corrected chi connectivity index (χ3v) is 4.58. The summed E-state index contributed by atoms with van der Waals surface area (Å²) in [5.41, 5.74) is 2.87. The molecule has 0 unspecified atom stereocenters. The number of rotatable bonds is 6. The summed E-state index contributed by atoms with van der Waals surface area (Å²) in [4.78, 5) is 25.9. The molecule has 7 heteroatoms. The fourth-order valence-electron chi connectivity index (χ4n) is 3.08. The van der Waals surface area contributed by atoms with Crippen molar-refractivity contribution in [2.75, 3.05) is 0 Å². The lowest BCUT2D eigenvalue weighted by Crippen LogP contribution is -2.32. The summed E-state index contributed by atoms with van der Waals surface area (Å²) in [5, 5.41) is 7.35. The van der Waals surface area contributed by atoms with E-state index in [1.807, 2.05) is 61.7 Å². The molecule has 1 atom stereocenters. The van der Waals surface area contributed by atoms with Crippen molar-refractivity contribution in [3.05, 3.63) is 96.3 Å². The molecule has 0 radical (unpaired) electrons. The van der Waals surface area contributed by atoms with E-state index in [2.05, 4.69) is 25.4 Å². The molecule has 0 aliphatic carbocycles. The maximum atomic E-state index is 13.0. The first kappa shape index (κ1) is 18.5. The van der Waals surface area contributed by atoms with E-state index in [0.29, 0.717) is 23.6 Å². The molecule has 0 saturated carbocycles. The first-order chi connectivity index (χ1) is 14.2. The van der Waals surface area contributed by atoms with Gasteiger partial charge in [-0.2, -0.15) is 5.10 Å². The largest absolute Gasteiger partial charge is 0.343 e. The SMILES string of the molecule is Cc1nc(-c2cccnc2)ncc1C(=O)N[C@H](Cn1cccn1)c1ccccc1. The Bertz CT molecular complexity index is 1080. The fraction of sp³-hybridized carbons (Fsp3) is 0.136. The molecule has 0 aliphatic rings. The standard InChI is InChI=1S/C22H20N6O/c1-16-19(14-24-21(26-16)18-9-5-10-23-13-18)22(29)27-20(15-28-12-6-11-25-28)17-7-3-2-4-8-17/h2-14,20H,15H2,1H3,(H,27,29)/t20-/m1/s1. The Balaban J connectivity index is 1.57. The van der Waals surface area contributed by atoms with Gasteiger partial charge >= 0.3 is 0 Å². The van der Waals surface area contributed by atoms with Crippen LogP contribution in [0.15, 0.2) is 79.5 Å². The number of nitrogens with zero attached hydrogens (tertiary/aromatic N) is 5. The molecule has 3 heterocycles. The minimum atomic E-state index is -0.235.